The Labute approximate surface area is 172 Å². The van der Waals surface area contributed by atoms with E-state index in [1.807, 2.05) is 18.2 Å². The van der Waals surface area contributed by atoms with Gasteiger partial charge in [-0.05, 0) is 31.0 Å². The quantitative estimate of drug-likeness (QED) is 0.640. The van der Waals surface area contributed by atoms with E-state index in [0.717, 1.165) is 12.8 Å². The summed E-state index contributed by atoms with van der Waals surface area (Å²) in [6, 6.07) is 12.0. The first-order valence-corrected chi connectivity index (χ1v) is 9.62. The summed E-state index contributed by atoms with van der Waals surface area (Å²) in [6.07, 6.45) is 4.19. The average molecular weight is 407 g/mol. The second-order valence-corrected chi connectivity index (χ2v) is 6.90. The van der Waals surface area contributed by atoms with Gasteiger partial charge < -0.3 is 14.4 Å². The summed E-state index contributed by atoms with van der Waals surface area (Å²) in [7, 11) is 1.59. The van der Waals surface area contributed by atoms with Crippen LogP contribution in [0.25, 0.3) is 11.4 Å². The van der Waals surface area contributed by atoms with Gasteiger partial charge in [0.2, 0.25) is 0 Å². The van der Waals surface area contributed by atoms with Crippen LogP contribution in [-0.2, 0) is 7.05 Å². The molecule has 0 saturated carbocycles. The summed E-state index contributed by atoms with van der Waals surface area (Å²) in [5, 5.41) is 0. The number of nitrogens with zero attached hydrogens (tertiary/aromatic N) is 5. The molecule has 0 spiro atoms. The number of carbonyl (C=O) groups is 1. The summed E-state index contributed by atoms with van der Waals surface area (Å²) >= 11 is 0. The fourth-order valence-corrected chi connectivity index (χ4v) is 3.29. The number of carbonyl (C=O) groups excluding carboxylic acids is 1. The average Bonchev–Trinajstić information content (AvgIpc) is 3.25. The van der Waals surface area contributed by atoms with Crippen molar-refractivity contribution in [2.45, 2.75) is 18.9 Å². The molecule has 3 aromatic rings. The topological polar surface area (TPSA) is 99.4 Å². The van der Waals surface area contributed by atoms with E-state index in [4.69, 9.17) is 9.47 Å². The molecule has 1 aliphatic rings. The fourth-order valence-electron chi connectivity index (χ4n) is 3.29. The van der Waals surface area contributed by atoms with Crippen molar-refractivity contribution < 1.29 is 14.3 Å². The first-order valence-electron chi connectivity index (χ1n) is 9.62. The van der Waals surface area contributed by atoms with E-state index in [1.54, 1.807) is 36.3 Å². The lowest BCUT2D eigenvalue weighted by Crippen LogP contribution is -2.41. The molecule has 1 amide bonds. The molecule has 0 aliphatic carbocycles. The highest BCUT2D eigenvalue weighted by Gasteiger charge is 2.31. The lowest BCUT2D eigenvalue weighted by atomic mass is 10.2. The number of para-hydroxylation sites is 1. The van der Waals surface area contributed by atoms with Gasteiger partial charge in [-0.1, -0.05) is 18.2 Å². The van der Waals surface area contributed by atoms with Crippen LogP contribution in [0.1, 0.15) is 12.8 Å². The van der Waals surface area contributed by atoms with E-state index < -0.39 is 6.09 Å². The minimum atomic E-state index is -0.413. The molecule has 0 radical (unpaired) electrons. The van der Waals surface area contributed by atoms with Gasteiger partial charge in [-0.3, -0.25) is 9.36 Å². The molecule has 1 aliphatic heterocycles. The molecule has 0 bridgehead atoms. The summed E-state index contributed by atoms with van der Waals surface area (Å²) in [6.45, 7) is 0.796. The van der Waals surface area contributed by atoms with E-state index in [1.165, 1.54) is 17.0 Å². The largest absolute Gasteiger partial charge is 0.462 e. The Morgan fingerprint density at radius 3 is 2.80 bits per heavy atom. The molecule has 154 valence electrons. The molecule has 9 heteroatoms. The van der Waals surface area contributed by atoms with Crippen LogP contribution in [0.5, 0.6) is 11.8 Å². The van der Waals surface area contributed by atoms with Crippen LogP contribution in [0, 0.1) is 0 Å². The number of aromatic nitrogens is 4. The number of hydrogen-bond acceptors (Lipinski definition) is 7. The number of benzene rings is 1. The Bertz CT molecular complexity index is 1070. The van der Waals surface area contributed by atoms with Crippen molar-refractivity contribution in [1.82, 2.24) is 24.4 Å². The number of likely N-dealkylation sites (tertiary alicyclic amines) is 1. The SMILES string of the molecule is Cn1c(OCC2CCCN2C(=O)Oc2ccccc2)nc(-c2ccncn2)cc1=O. The van der Waals surface area contributed by atoms with Crippen molar-refractivity contribution in [2.75, 3.05) is 13.2 Å². The van der Waals surface area contributed by atoms with Gasteiger partial charge >= 0.3 is 6.09 Å². The fraction of sp³-hybridized carbons (Fsp3) is 0.286. The highest BCUT2D eigenvalue weighted by atomic mass is 16.6. The Hall–Kier alpha value is -3.75. The molecule has 1 fully saturated rings. The molecule has 1 unspecified atom stereocenters. The third kappa shape index (κ3) is 4.29. The molecule has 0 N–H and O–H groups in total. The zero-order chi connectivity index (χ0) is 20.9. The normalized spacial score (nSPS) is 15.8. The maximum absolute atomic E-state index is 12.6. The van der Waals surface area contributed by atoms with Crippen molar-refractivity contribution in [3.63, 3.8) is 0 Å². The maximum atomic E-state index is 12.6. The Balaban J connectivity index is 1.46. The van der Waals surface area contributed by atoms with Crippen molar-refractivity contribution in [3.05, 3.63) is 65.3 Å². The van der Waals surface area contributed by atoms with Gasteiger partial charge in [0, 0.05) is 25.9 Å². The summed E-state index contributed by atoms with van der Waals surface area (Å²) in [5.74, 6) is 0.496. The Morgan fingerprint density at radius 2 is 2.03 bits per heavy atom. The second-order valence-electron chi connectivity index (χ2n) is 6.90. The Morgan fingerprint density at radius 1 is 1.20 bits per heavy atom. The smallest absolute Gasteiger partial charge is 0.415 e. The predicted molar refractivity (Wildman–Crippen MR) is 108 cm³/mol. The van der Waals surface area contributed by atoms with Gasteiger partial charge in [0.05, 0.1) is 17.4 Å². The van der Waals surface area contributed by atoms with Crippen molar-refractivity contribution >= 4 is 6.09 Å². The standard InChI is InChI=1S/C21H21N5O4/c1-25-19(27)12-18(17-9-10-22-14-23-17)24-20(25)29-13-15-6-5-11-26(15)21(28)30-16-7-3-2-4-8-16/h2-4,7-10,12,14-15H,5-6,11,13H2,1H3. The third-order valence-corrected chi connectivity index (χ3v) is 4.90. The maximum Gasteiger partial charge on any atom is 0.415 e. The van der Waals surface area contributed by atoms with Crippen LogP contribution >= 0.6 is 0 Å². The lowest BCUT2D eigenvalue weighted by molar-refractivity contribution is 0.125. The molecular weight excluding hydrogens is 386 g/mol. The van der Waals surface area contributed by atoms with Crippen LogP contribution < -0.4 is 15.0 Å². The number of ether oxygens (including phenoxy) is 2. The zero-order valence-electron chi connectivity index (χ0n) is 16.5. The van der Waals surface area contributed by atoms with Crippen LogP contribution in [0.3, 0.4) is 0 Å². The van der Waals surface area contributed by atoms with E-state index in [-0.39, 0.29) is 24.2 Å². The number of rotatable bonds is 5. The highest BCUT2D eigenvalue weighted by molar-refractivity contribution is 5.71. The summed E-state index contributed by atoms with van der Waals surface area (Å²) < 4.78 is 12.6. The molecular formula is C21H21N5O4. The van der Waals surface area contributed by atoms with E-state index in [9.17, 15) is 9.59 Å². The summed E-state index contributed by atoms with van der Waals surface area (Å²) in [4.78, 5) is 39.0. The lowest BCUT2D eigenvalue weighted by Gasteiger charge is -2.24. The minimum Gasteiger partial charge on any atom is -0.462 e. The minimum absolute atomic E-state index is 0.166. The van der Waals surface area contributed by atoms with Crippen molar-refractivity contribution in [1.29, 1.82) is 0 Å². The second kappa shape index (κ2) is 8.73. The zero-order valence-corrected chi connectivity index (χ0v) is 16.5. The van der Waals surface area contributed by atoms with E-state index in [2.05, 4.69) is 15.0 Å². The first kappa shape index (κ1) is 19.6. The number of hydrogen-bond donors (Lipinski definition) is 0. The van der Waals surface area contributed by atoms with Crippen LogP contribution in [0.4, 0.5) is 4.79 Å². The van der Waals surface area contributed by atoms with Crippen LogP contribution in [0.15, 0.2) is 59.8 Å². The van der Waals surface area contributed by atoms with Crippen LogP contribution in [-0.4, -0.2) is 49.7 Å². The van der Waals surface area contributed by atoms with Gasteiger partial charge in [0.1, 0.15) is 18.7 Å². The van der Waals surface area contributed by atoms with Crippen molar-refractivity contribution in [3.8, 4) is 23.1 Å². The van der Waals surface area contributed by atoms with Gasteiger partial charge in [-0.2, -0.15) is 4.98 Å². The predicted octanol–water partition coefficient (Wildman–Crippen LogP) is 2.28. The Kier molecular flexibility index (Phi) is 5.69. The van der Waals surface area contributed by atoms with Crippen LogP contribution in [0.2, 0.25) is 0 Å². The molecule has 1 aromatic carbocycles. The van der Waals surface area contributed by atoms with Gasteiger partial charge in [0.15, 0.2) is 0 Å². The van der Waals surface area contributed by atoms with Gasteiger partial charge in [0.25, 0.3) is 11.6 Å². The summed E-state index contributed by atoms with van der Waals surface area (Å²) in [5.41, 5.74) is 0.670. The molecule has 4 rings (SSSR count). The highest BCUT2D eigenvalue weighted by Crippen LogP contribution is 2.21. The number of amides is 1. The first-order chi connectivity index (χ1) is 14.6. The monoisotopic (exact) mass is 407 g/mol. The van der Waals surface area contributed by atoms with Crippen molar-refractivity contribution in [2.24, 2.45) is 7.05 Å². The molecule has 9 nitrogen and oxygen atoms in total. The van der Waals surface area contributed by atoms with Gasteiger partial charge in [-0.25, -0.2) is 14.8 Å². The molecule has 1 atom stereocenters. The molecule has 1 saturated heterocycles. The van der Waals surface area contributed by atoms with E-state index >= 15 is 0 Å². The molecule has 3 heterocycles. The van der Waals surface area contributed by atoms with E-state index in [0.29, 0.717) is 23.7 Å². The van der Waals surface area contributed by atoms with Gasteiger partial charge in [-0.15, -0.1) is 0 Å². The molecule has 2 aromatic heterocycles. The molecule has 30 heavy (non-hydrogen) atoms. The third-order valence-electron chi connectivity index (χ3n) is 4.90.